The van der Waals surface area contributed by atoms with Gasteiger partial charge in [0.25, 0.3) is 0 Å². The van der Waals surface area contributed by atoms with Crippen molar-refractivity contribution in [1.29, 1.82) is 0 Å². The summed E-state index contributed by atoms with van der Waals surface area (Å²) in [6.07, 6.45) is 0. The average Bonchev–Trinajstić information content (AvgIpc) is 2.66. The molecule has 0 saturated heterocycles. The van der Waals surface area contributed by atoms with Crippen LogP contribution in [0.1, 0.15) is 24.1 Å². The van der Waals surface area contributed by atoms with Crippen molar-refractivity contribution in [3.63, 3.8) is 0 Å². The van der Waals surface area contributed by atoms with E-state index in [1.54, 1.807) is 6.92 Å². The van der Waals surface area contributed by atoms with Crippen LogP contribution in [0.4, 0.5) is 0 Å². The first kappa shape index (κ1) is 17.6. The van der Waals surface area contributed by atoms with Gasteiger partial charge in [-0.3, -0.25) is 0 Å². The van der Waals surface area contributed by atoms with Gasteiger partial charge in [-0.25, -0.2) is 0 Å². The van der Waals surface area contributed by atoms with Crippen LogP contribution in [0.5, 0.6) is 11.5 Å². The number of nitrogens with one attached hydrogen (secondary N) is 1. The highest BCUT2D eigenvalue weighted by atomic mass is 32.2. The van der Waals surface area contributed by atoms with Gasteiger partial charge in [0.2, 0.25) is 0 Å². The molecular formula is C21H19NO4S. The van der Waals surface area contributed by atoms with Crippen molar-refractivity contribution in [2.45, 2.75) is 19.6 Å². The molecule has 0 radical (unpaired) electrons. The highest BCUT2D eigenvalue weighted by Gasteiger charge is 2.29. The lowest BCUT2D eigenvalue weighted by molar-refractivity contribution is 0.306. The lowest BCUT2D eigenvalue weighted by atomic mass is 9.98. The summed E-state index contributed by atoms with van der Waals surface area (Å²) in [5.41, 5.74) is 3.51. The van der Waals surface area contributed by atoms with E-state index in [-0.39, 0.29) is 6.04 Å². The summed E-state index contributed by atoms with van der Waals surface area (Å²) in [7, 11) is -3.80. The molecule has 138 valence electrons. The minimum absolute atomic E-state index is 0.341. The molecule has 0 aliphatic carbocycles. The summed E-state index contributed by atoms with van der Waals surface area (Å²) in [4.78, 5) is 0. The first-order valence-corrected chi connectivity index (χ1v) is 10.0. The van der Waals surface area contributed by atoms with Gasteiger partial charge in [-0.15, -0.1) is 0 Å². The van der Waals surface area contributed by atoms with Crippen molar-refractivity contribution in [2.75, 3.05) is 0 Å². The molecule has 1 N–H and O–H groups in total. The minimum Gasteiger partial charge on any atom is -0.489 e. The molecule has 0 aromatic heterocycles. The van der Waals surface area contributed by atoms with E-state index < -0.39 is 10.3 Å². The quantitative estimate of drug-likeness (QED) is 0.735. The molecule has 1 aliphatic heterocycles. The Hall–Kier alpha value is -2.83. The number of benzene rings is 3. The number of para-hydroxylation sites is 1. The molecule has 6 heteroatoms. The van der Waals surface area contributed by atoms with Crippen LogP contribution in [0.3, 0.4) is 0 Å². The van der Waals surface area contributed by atoms with Crippen LogP contribution in [0.2, 0.25) is 0 Å². The highest BCUT2D eigenvalue weighted by molar-refractivity contribution is 7.85. The summed E-state index contributed by atoms with van der Waals surface area (Å²) in [5.74, 6) is 1.12. The second kappa shape index (κ2) is 7.06. The Balaban J connectivity index is 1.59. The molecule has 4 rings (SSSR count). The Morgan fingerprint density at radius 1 is 0.963 bits per heavy atom. The van der Waals surface area contributed by atoms with Gasteiger partial charge in [0.15, 0.2) is 5.75 Å². The Kier molecular flexibility index (Phi) is 4.59. The topological polar surface area (TPSA) is 64.6 Å². The summed E-state index contributed by atoms with van der Waals surface area (Å²) in [6.45, 7) is 2.29. The number of fused-ring (bicyclic) bond motifs is 1. The standard InChI is InChI=1S/C21H19NO4S/c1-15-19-8-5-9-20(21(19)26-27(23,24)22-15)17-10-12-18(13-11-17)25-14-16-6-3-2-4-7-16/h2-13,15,22H,14H2,1H3. The fraction of sp³-hybridized carbons (Fsp3) is 0.143. The number of ether oxygens (including phenoxy) is 1. The number of rotatable bonds is 4. The molecule has 0 fully saturated rings. The van der Waals surface area contributed by atoms with Crippen LogP contribution < -0.4 is 13.6 Å². The summed E-state index contributed by atoms with van der Waals surface area (Å²) in [6, 6.07) is 22.8. The van der Waals surface area contributed by atoms with Crippen molar-refractivity contribution in [3.05, 3.63) is 83.9 Å². The Morgan fingerprint density at radius 2 is 1.70 bits per heavy atom. The zero-order valence-corrected chi connectivity index (χ0v) is 15.6. The third kappa shape index (κ3) is 3.82. The molecular weight excluding hydrogens is 362 g/mol. The van der Waals surface area contributed by atoms with E-state index in [0.717, 1.165) is 28.0 Å². The SMILES string of the molecule is CC1NS(=O)(=O)Oc2c(-c3ccc(OCc4ccccc4)cc3)cccc21. The first-order valence-electron chi connectivity index (χ1n) is 8.64. The maximum absolute atomic E-state index is 11.9. The van der Waals surface area contributed by atoms with Gasteiger partial charge in [0.1, 0.15) is 12.4 Å². The molecule has 1 aliphatic rings. The Bertz CT molecular complexity index is 1050. The highest BCUT2D eigenvalue weighted by Crippen LogP contribution is 2.40. The van der Waals surface area contributed by atoms with Gasteiger partial charge in [-0.05, 0) is 30.2 Å². The van der Waals surface area contributed by atoms with E-state index in [0.29, 0.717) is 12.4 Å². The molecule has 0 bridgehead atoms. The van der Waals surface area contributed by atoms with Crippen LogP contribution in [0.25, 0.3) is 11.1 Å². The Labute approximate surface area is 158 Å². The minimum atomic E-state index is -3.80. The van der Waals surface area contributed by atoms with Gasteiger partial charge in [-0.2, -0.15) is 13.1 Å². The van der Waals surface area contributed by atoms with Crippen LogP contribution in [0, 0.1) is 0 Å². The van der Waals surface area contributed by atoms with E-state index in [1.165, 1.54) is 0 Å². The van der Waals surface area contributed by atoms with E-state index in [2.05, 4.69) is 4.72 Å². The third-order valence-corrected chi connectivity index (χ3v) is 5.47. The third-order valence-electron chi connectivity index (χ3n) is 4.44. The monoisotopic (exact) mass is 381 g/mol. The molecule has 1 atom stereocenters. The maximum Gasteiger partial charge on any atom is 0.383 e. The predicted octanol–water partition coefficient (Wildman–Crippen LogP) is 4.22. The predicted molar refractivity (Wildman–Crippen MR) is 104 cm³/mol. The molecule has 0 spiro atoms. The molecule has 3 aromatic rings. The fourth-order valence-corrected chi connectivity index (χ4v) is 4.12. The van der Waals surface area contributed by atoms with E-state index >= 15 is 0 Å². The fourth-order valence-electron chi connectivity index (χ4n) is 3.10. The summed E-state index contributed by atoms with van der Waals surface area (Å²) < 4.78 is 37.4. The summed E-state index contributed by atoms with van der Waals surface area (Å²) >= 11 is 0. The molecule has 5 nitrogen and oxygen atoms in total. The second-order valence-electron chi connectivity index (χ2n) is 6.40. The summed E-state index contributed by atoms with van der Waals surface area (Å²) in [5, 5.41) is 0. The normalized spacial score (nSPS) is 17.6. The molecule has 1 heterocycles. The van der Waals surface area contributed by atoms with Gasteiger partial charge in [0.05, 0.1) is 6.04 Å². The lowest BCUT2D eigenvalue weighted by Gasteiger charge is -2.25. The van der Waals surface area contributed by atoms with Crippen LogP contribution in [0.15, 0.2) is 72.8 Å². The number of hydrogen-bond acceptors (Lipinski definition) is 4. The molecule has 1 unspecified atom stereocenters. The Morgan fingerprint density at radius 3 is 2.44 bits per heavy atom. The van der Waals surface area contributed by atoms with Crippen molar-refractivity contribution in [1.82, 2.24) is 4.72 Å². The van der Waals surface area contributed by atoms with Crippen LogP contribution in [-0.2, 0) is 16.9 Å². The second-order valence-corrected chi connectivity index (χ2v) is 7.71. The van der Waals surface area contributed by atoms with Crippen LogP contribution in [-0.4, -0.2) is 8.42 Å². The van der Waals surface area contributed by atoms with E-state index in [1.807, 2.05) is 72.8 Å². The zero-order chi connectivity index (χ0) is 18.9. The molecule has 0 amide bonds. The largest absolute Gasteiger partial charge is 0.489 e. The average molecular weight is 381 g/mol. The molecule has 3 aromatic carbocycles. The smallest absolute Gasteiger partial charge is 0.383 e. The molecule has 27 heavy (non-hydrogen) atoms. The van der Waals surface area contributed by atoms with Crippen molar-refractivity contribution in [3.8, 4) is 22.6 Å². The zero-order valence-electron chi connectivity index (χ0n) is 14.8. The lowest BCUT2D eigenvalue weighted by Crippen LogP contribution is -2.35. The van der Waals surface area contributed by atoms with Crippen LogP contribution >= 0.6 is 0 Å². The number of hydrogen-bond donors (Lipinski definition) is 1. The van der Waals surface area contributed by atoms with Crippen molar-refractivity contribution in [2.24, 2.45) is 0 Å². The molecule has 0 saturated carbocycles. The van der Waals surface area contributed by atoms with Gasteiger partial charge < -0.3 is 8.92 Å². The van der Waals surface area contributed by atoms with Gasteiger partial charge in [0, 0.05) is 11.1 Å². The van der Waals surface area contributed by atoms with Crippen molar-refractivity contribution < 1.29 is 17.3 Å². The van der Waals surface area contributed by atoms with E-state index in [9.17, 15) is 8.42 Å². The van der Waals surface area contributed by atoms with Crippen molar-refractivity contribution >= 4 is 10.3 Å². The van der Waals surface area contributed by atoms with Gasteiger partial charge in [-0.1, -0.05) is 60.7 Å². The first-order chi connectivity index (χ1) is 13.0. The van der Waals surface area contributed by atoms with Gasteiger partial charge >= 0.3 is 10.3 Å². The van der Waals surface area contributed by atoms with E-state index in [4.69, 9.17) is 8.92 Å². The maximum atomic E-state index is 11.9.